The van der Waals surface area contributed by atoms with Crippen molar-refractivity contribution >= 4 is 0 Å². The Kier molecular flexibility index (Phi) is 4.03. The molecule has 0 bridgehead atoms. The molecule has 1 aromatic carbocycles. The summed E-state index contributed by atoms with van der Waals surface area (Å²) in [6.45, 7) is 4.64. The molecule has 1 aliphatic rings. The number of nitrogens with two attached hydrogens (primary N) is 1. The largest absolute Gasteiger partial charge is 0.271 e. The Bertz CT molecular complexity index is 386. The van der Waals surface area contributed by atoms with E-state index >= 15 is 0 Å². The number of nitrogens with one attached hydrogen (secondary N) is 1. The third-order valence-corrected chi connectivity index (χ3v) is 4.41. The molecule has 100 valence electrons. The van der Waals surface area contributed by atoms with Gasteiger partial charge in [0.25, 0.3) is 0 Å². The fourth-order valence-corrected chi connectivity index (χ4v) is 3.29. The molecule has 0 radical (unpaired) electrons. The van der Waals surface area contributed by atoms with Gasteiger partial charge in [-0.25, -0.2) is 4.39 Å². The molecule has 0 aliphatic heterocycles. The molecule has 2 unspecified atom stereocenters. The first-order valence-electron chi connectivity index (χ1n) is 6.73. The second-order valence-electron chi connectivity index (χ2n) is 6.09. The van der Waals surface area contributed by atoms with Gasteiger partial charge in [-0.15, -0.1) is 0 Å². The number of benzene rings is 1. The molecule has 1 aromatic rings. The van der Waals surface area contributed by atoms with Gasteiger partial charge in [-0.3, -0.25) is 11.3 Å². The fourth-order valence-electron chi connectivity index (χ4n) is 3.29. The summed E-state index contributed by atoms with van der Waals surface area (Å²) in [7, 11) is 0. The van der Waals surface area contributed by atoms with Crippen molar-refractivity contribution in [2.75, 3.05) is 0 Å². The lowest BCUT2D eigenvalue weighted by atomic mass is 9.76. The van der Waals surface area contributed by atoms with Crippen LogP contribution in [0.4, 0.5) is 4.39 Å². The molecule has 1 saturated carbocycles. The van der Waals surface area contributed by atoms with E-state index in [4.69, 9.17) is 5.84 Å². The third-order valence-electron chi connectivity index (χ3n) is 4.41. The molecule has 1 fully saturated rings. The minimum Gasteiger partial charge on any atom is -0.271 e. The first kappa shape index (κ1) is 13.5. The normalized spacial score (nSPS) is 24.1. The maximum absolute atomic E-state index is 12.9. The van der Waals surface area contributed by atoms with E-state index in [0.29, 0.717) is 11.3 Å². The SMILES string of the molecule is CC1(C)CCCC1C(Cc1ccc(F)cc1)NN. The second kappa shape index (κ2) is 5.37. The topological polar surface area (TPSA) is 38.0 Å². The molecule has 0 spiro atoms. The van der Waals surface area contributed by atoms with Crippen molar-refractivity contribution in [1.29, 1.82) is 0 Å². The molecule has 0 aromatic heterocycles. The van der Waals surface area contributed by atoms with Crippen LogP contribution in [0.3, 0.4) is 0 Å². The number of hydrogen-bond acceptors (Lipinski definition) is 2. The van der Waals surface area contributed by atoms with Crippen molar-refractivity contribution in [3.05, 3.63) is 35.6 Å². The Balaban J connectivity index is 2.07. The van der Waals surface area contributed by atoms with E-state index in [1.54, 1.807) is 0 Å². The van der Waals surface area contributed by atoms with Crippen LogP contribution >= 0.6 is 0 Å². The Morgan fingerprint density at radius 2 is 2.06 bits per heavy atom. The van der Waals surface area contributed by atoms with Gasteiger partial charge in [0.15, 0.2) is 0 Å². The van der Waals surface area contributed by atoms with Gasteiger partial charge in [0.05, 0.1) is 0 Å². The van der Waals surface area contributed by atoms with E-state index in [1.165, 1.54) is 31.4 Å². The summed E-state index contributed by atoms with van der Waals surface area (Å²) in [5.74, 6) is 6.13. The highest BCUT2D eigenvalue weighted by Crippen LogP contribution is 2.44. The Labute approximate surface area is 109 Å². The maximum Gasteiger partial charge on any atom is 0.123 e. The summed E-state index contributed by atoms with van der Waals surface area (Å²) in [4.78, 5) is 0. The smallest absolute Gasteiger partial charge is 0.123 e. The quantitative estimate of drug-likeness (QED) is 0.637. The molecule has 1 aliphatic carbocycles. The number of halogens is 1. The van der Waals surface area contributed by atoms with Gasteiger partial charge in [0.1, 0.15) is 5.82 Å². The fraction of sp³-hybridized carbons (Fsp3) is 0.600. The summed E-state index contributed by atoms with van der Waals surface area (Å²) >= 11 is 0. The molecule has 2 atom stereocenters. The van der Waals surface area contributed by atoms with Gasteiger partial charge in [0, 0.05) is 6.04 Å². The molecule has 2 rings (SSSR count). The molecule has 0 heterocycles. The van der Waals surface area contributed by atoms with Crippen molar-refractivity contribution in [3.8, 4) is 0 Å². The van der Waals surface area contributed by atoms with Gasteiger partial charge < -0.3 is 0 Å². The zero-order chi connectivity index (χ0) is 13.2. The van der Waals surface area contributed by atoms with Gasteiger partial charge in [-0.1, -0.05) is 32.4 Å². The van der Waals surface area contributed by atoms with Crippen molar-refractivity contribution in [1.82, 2.24) is 5.43 Å². The van der Waals surface area contributed by atoms with Crippen molar-refractivity contribution in [2.24, 2.45) is 17.2 Å². The maximum atomic E-state index is 12.9. The average Bonchev–Trinajstić information content (AvgIpc) is 2.68. The van der Waals surface area contributed by atoms with Crippen LogP contribution in [-0.2, 0) is 6.42 Å². The van der Waals surface area contributed by atoms with Crippen LogP contribution in [0.2, 0.25) is 0 Å². The highest BCUT2D eigenvalue weighted by Gasteiger charge is 2.39. The lowest BCUT2D eigenvalue weighted by Gasteiger charge is -2.34. The van der Waals surface area contributed by atoms with Crippen molar-refractivity contribution in [3.63, 3.8) is 0 Å². The van der Waals surface area contributed by atoms with Crippen LogP contribution in [-0.4, -0.2) is 6.04 Å². The lowest BCUT2D eigenvalue weighted by Crippen LogP contribution is -2.45. The number of rotatable bonds is 4. The Morgan fingerprint density at radius 1 is 1.39 bits per heavy atom. The van der Waals surface area contributed by atoms with Gasteiger partial charge in [0.2, 0.25) is 0 Å². The molecule has 0 amide bonds. The number of hydrazine groups is 1. The monoisotopic (exact) mass is 250 g/mol. The first-order chi connectivity index (χ1) is 8.53. The summed E-state index contributed by atoms with van der Waals surface area (Å²) in [5.41, 5.74) is 4.45. The average molecular weight is 250 g/mol. The van der Waals surface area contributed by atoms with Crippen molar-refractivity contribution in [2.45, 2.75) is 45.6 Å². The molecule has 3 N–H and O–H groups in total. The highest BCUT2D eigenvalue weighted by atomic mass is 19.1. The van der Waals surface area contributed by atoms with Crippen LogP contribution in [0.1, 0.15) is 38.7 Å². The van der Waals surface area contributed by atoms with Gasteiger partial charge >= 0.3 is 0 Å². The van der Waals surface area contributed by atoms with E-state index < -0.39 is 0 Å². The molecular formula is C15H23FN2. The molecular weight excluding hydrogens is 227 g/mol. The lowest BCUT2D eigenvalue weighted by molar-refractivity contribution is 0.196. The minimum atomic E-state index is -0.183. The molecule has 3 heteroatoms. The standard InChI is InChI=1S/C15H23FN2/c1-15(2)9-3-4-13(15)14(18-17)10-11-5-7-12(16)8-6-11/h5-8,13-14,18H,3-4,9-10,17H2,1-2H3. The van der Waals surface area contributed by atoms with Crippen LogP contribution in [0.15, 0.2) is 24.3 Å². The third kappa shape index (κ3) is 2.90. The van der Waals surface area contributed by atoms with E-state index in [9.17, 15) is 4.39 Å². The van der Waals surface area contributed by atoms with E-state index in [2.05, 4.69) is 19.3 Å². The Morgan fingerprint density at radius 3 is 2.56 bits per heavy atom. The van der Waals surface area contributed by atoms with Crippen molar-refractivity contribution < 1.29 is 4.39 Å². The Hall–Kier alpha value is -0.930. The van der Waals surface area contributed by atoms with Crippen LogP contribution in [0.5, 0.6) is 0 Å². The van der Waals surface area contributed by atoms with E-state index in [-0.39, 0.29) is 11.9 Å². The summed E-state index contributed by atoms with van der Waals surface area (Å²) in [6.07, 6.45) is 4.63. The predicted octanol–water partition coefficient (Wildman–Crippen LogP) is 3.03. The number of hydrogen-bond donors (Lipinski definition) is 2. The molecule has 2 nitrogen and oxygen atoms in total. The first-order valence-corrected chi connectivity index (χ1v) is 6.73. The van der Waals surface area contributed by atoms with Gasteiger partial charge in [-0.2, -0.15) is 0 Å². The van der Waals surface area contributed by atoms with E-state index in [0.717, 1.165) is 12.0 Å². The molecule has 18 heavy (non-hydrogen) atoms. The highest BCUT2D eigenvalue weighted by molar-refractivity contribution is 5.17. The van der Waals surface area contributed by atoms with Crippen LogP contribution in [0, 0.1) is 17.2 Å². The zero-order valence-corrected chi connectivity index (χ0v) is 11.2. The zero-order valence-electron chi connectivity index (χ0n) is 11.2. The predicted molar refractivity (Wildman–Crippen MR) is 72.3 cm³/mol. The minimum absolute atomic E-state index is 0.183. The summed E-state index contributed by atoms with van der Waals surface area (Å²) in [6, 6.07) is 7.00. The van der Waals surface area contributed by atoms with Crippen LogP contribution in [0.25, 0.3) is 0 Å². The summed E-state index contributed by atoms with van der Waals surface area (Å²) < 4.78 is 12.9. The van der Waals surface area contributed by atoms with Gasteiger partial charge in [-0.05, 0) is 48.3 Å². The second-order valence-corrected chi connectivity index (χ2v) is 6.09. The molecule has 0 saturated heterocycles. The summed E-state index contributed by atoms with van der Waals surface area (Å²) in [5, 5.41) is 0. The van der Waals surface area contributed by atoms with E-state index in [1.807, 2.05) is 12.1 Å². The van der Waals surface area contributed by atoms with Crippen LogP contribution < -0.4 is 11.3 Å².